The monoisotopic (exact) mass is 424 g/mol. The molecule has 0 bridgehead atoms. The summed E-state index contributed by atoms with van der Waals surface area (Å²) in [5.41, 5.74) is 3.67. The number of thioether (sulfide) groups is 1. The van der Waals surface area contributed by atoms with E-state index in [1.165, 1.54) is 35.6 Å². The van der Waals surface area contributed by atoms with Gasteiger partial charge in [-0.25, -0.2) is 9.66 Å². The molecule has 0 saturated heterocycles. The molecule has 1 aliphatic heterocycles. The molecule has 4 aromatic rings. The summed E-state index contributed by atoms with van der Waals surface area (Å²) in [6.07, 6.45) is 2.92. The predicted molar refractivity (Wildman–Crippen MR) is 110 cm³/mol. The molecule has 1 amide bonds. The number of amides is 1. The van der Waals surface area contributed by atoms with Crippen molar-refractivity contribution in [1.29, 1.82) is 0 Å². The summed E-state index contributed by atoms with van der Waals surface area (Å²) in [7, 11) is 0. The number of hydrogen-bond acceptors (Lipinski definition) is 8. The number of ether oxygens (including phenoxy) is 2. The Hall–Kier alpha value is -3.60. The minimum atomic E-state index is -0.391. The van der Waals surface area contributed by atoms with Crippen LogP contribution in [0.4, 0.5) is 0 Å². The molecule has 4 heterocycles. The van der Waals surface area contributed by atoms with Crippen LogP contribution in [0.5, 0.6) is 11.5 Å². The van der Waals surface area contributed by atoms with Crippen LogP contribution in [-0.4, -0.2) is 43.4 Å². The number of pyridine rings is 1. The van der Waals surface area contributed by atoms with E-state index < -0.39 is 5.56 Å². The molecule has 0 unspecified atom stereocenters. The van der Waals surface area contributed by atoms with E-state index in [1.807, 2.05) is 18.2 Å². The van der Waals surface area contributed by atoms with E-state index in [1.54, 1.807) is 6.07 Å². The first-order chi connectivity index (χ1) is 14.6. The van der Waals surface area contributed by atoms with Crippen LogP contribution in [0.25, 0.3) is 16.7 Å². The van der Waals surface area contributed by atoms with Crippen molar-refractivity contribution in [2.24, 2.45) is 0 Å². The van der Waals surface area contributed by atoms with E-state index >= 15 is 0 Å². The van der Waals surface area contributed by atoms with Gasteiger partial charge in [0.2, 0.25) is 11.1 Å². The second-order valence-electron chi connectivity index (χ2n) is 6.59. The molecule has 10 nitrogen and oxygen atoms in total. The standard InChI is InChI=1S/C19H16N6O4S/c1-11(26)22-24-5-4-14-13(17(24)27)9-20-18-21-19(23-25(14)18)30-10-12-2-3-15-16(8-12)29-7-6-28-15/h2-5,8-9H,6-7,10H2,1H3,(H,22,26). The number of carbonyl (C=O) groups is 1. The average Bonchev–Trinajstić information content (AvgIpc) is 3.17. The molecule has 0 aliphatic carbocycles. The molecule has 0 atom stereocenters. The average molecular weight is 424 g/mol. The van der Waals surface area contributed by atoms with Crippen LogP contribution >= 0.6 is 11.8 Å². The molecule has 152 valence electrons. The van der Waals surface area contributed by atoms with Gasteiger partial charge in [-0.05, 0) is 23.8 Å². The van der Waals surface area contributed by atoms with Gasteiger partial charge in [0.25, 0.3) is 11.3 Å². The Balaban J connectivity index is 1.43. The number of carbonyl (C=O) groups excluding carboxylic acids is 1. The Labute approximate surface area is 173 Å². The Bertz CT molecular complexity index is 1350. The smallest absolute Gasteiger partial charge is 0.280 e. The molecule has 30 heavy (non-hydrogen) atoms. The van der Waals surface area contributed by atoms with E-state index in [0.717, 1.165) is 21.7 Å². The first-order valence-corrected chi connectivity index (χ1v) is 10.1. The maximum absolute atomic E-state index is 12.6. The largest absolute Gasteiger partial charge is 0.486 e. The van der Waals surface area contributed by atoms with Gasteiger partial charge >= 0.3 is 0 Å². The second-order valence-corrected chi connectivity index (χ2v) is 7.53. The molecule has 0 radical (unpaired) electrons. The topological polar surface area (TPSA) is 113 Å². The lowest BCUT2D eigenvalue weighted by Gasteiger charge is -2.18. The molecule has 1 aromatic carbocycles. The predicted octanol–water partition coefficient (Wildman–Crippen LogP) is 1.59. The fourth-order valence-electron chi connectivity index (χ4n) is 3.15. The van der Waals surface area contributed by atoms with Gasteiger partial charge in [0, 0.05) is 25.1 Å². The van der Waals surface area contributed by atoms with Crippen LogP contribution in [0, 0.1) is 0 Å². The SMILES string of the molecule is CC(=O)Nn1ccc2c(cnc3nc(SCc4ccc5c(c4)OCCO5)nn32)c1=O. The van der Waals surface area contributed by atoms with E-state index in [4.69, 9.17) is 9.47 Å². The summed E-state index contributed by atoms with van der Waals surface area (Å²) in [6.45, 7) is 2.43. The zero-order valence-corrected chi connectivity index (χ0v) is 16.7. The van der Waals surface area contributed by atoms with Crippen molar-refractivity contribution in [3.8, 4) is 11.5 Å². The summed E-state index contributed by atoms with van der Waals surface area (Å²) in [5, 5.41) is 5.35. The zero-order chi connectivity index (χ0) is 20.7. The Morgan fingerprint density at radius 2 is 2.07 bits per heavy atom. The Morgan fingerprint density at radius 3 is 2.90 bits per heavy atom. The number of nitrogens with one attached hydrogen (secondary N) is 1. The summed E-state index contributed by atoms with van der Waals surface area (Å²) in [5.74, 6) is 2.18. The van der Waals surface area contributed by atoms with Crippen LogP contribution in [-0.2, 0) is 10.5 Å². The Kier molecular flexibility index (Phi) is 4.51. The number of nitrogens with zero attached hydrogens (tertiary/aromatic N) is 5. The van der Waals surface area contributed by atoms with Crippen LogP contribution in [0.1, 0.15) is 12.5 Å². The molecule has 3 aromatic heterocycles. The highest BCUT2D eigenvalue weighted by Crippen LogP contribution is 2.32. The van der Waals surface area contributed by atoms with Gasteiger partial charge < -0.3 is 9.47 Å². The third-order valence-corrected chi connectivity index (χ3v) is 5.38. The lowest BCUT2D eigenvalue weighted by Crippen LogP contribution is -2.31. The van der Waals surface area contributed by atoms with Crippen molar-refractivity contribution < 1.29 is 14.3 Å². The molecule has 0 fully saturated rings. The molecule has 1 aliphatic rings. The first kappa shape index (κ1) is 18.4. The minimum absolute atomic E-state index is 0.326. The highest BCUT2D eigenvalue weighted by molar-refractivity contribution is 7.98. The summed E-state index contributed by atoms with van der Waals surface area (Å²) < 4.78 is 13.8. The first-order valence-electron chi connectivity index (χ1n) is 9.14. The van der Waals surface area contributed by atoms with Gasteiger partial charge in [-0.2, -0.15) is 9.50 Å². The summed E-state index contributed by atoms with van der Waals surface area (Å²) >= 11 is 1.45. The van der Waals surface area contributed by atoms with Gasteiger partial charge in [-0.15, -0.1) is 5.10 Å². The molecule has 11 heteroatoms. The van der Waals surface area contributed by atoms with Crippen molar-refractivity contribution in [3.63, 3.8) is 0 Å². The second kappa shape index (κ2) is 7.34. The zero-order valence-electron chi connectivity index (χ0n) is 15.9. The van der Waals surface area contributed by atoms with Crippen LogP contribution in [0.15, 0.2) is 46.6 Å². The molecule has 0 spiro atoms. The van der Waals surface area contributed by atoms with Crippen LogP contribution in [0.2, 0.25) is 0 Å². The maximum atomic E-state index is 12.6. The van der Waals surface area contributed by atoms with Gasteiger partial charge in [0.1, 0.15) is 13.2 Å². The van der Waals surface area contributed by atoms with Gasteiger partial charge in [0.15, 0.2) is 11.5 Å². The fourth-order valence-corrected chi connectivity index (χ4v) is 3.91. The lowest BCUT2D eigenvalue weighted by molar-refractivity contribution is -0.115. The summed E-state index contributed by atoms with van der Waals surface area (Å²) in [4.78, 5) is 32.5. The Morgan fingerprint density at radius 1 is 1.23 bits per heavy atom. The number of benzene rings is 1. The van der Waals surface area contributed by atoms with E-state index in [-0.39, 0.29) is 5.91 Å². The van der Waals surface area contributed by atoms with Crippen molar-refractivity contribution in [2.75, 3.05) is 18.6 Å². The van der Waals surface area contributed by atoms with Crippen molar-refractivity contribution in [3.05, 3.63) is 52.6 Å². The molecule has 5 rings (SSSR count). The third-order valence-electron chi connectivity index (χ3n) is 4.47. The van der Waals surface area contributed by atoms with E-state index in [2.05, 4.69) is 20.5 Å². The van der Waals surface area contributed by atoms with E-state index in [0.29, 0.717) is 40.8 Å². The van der Waals surface area contributed by atoms with Gasteiger partial charge in [0.05, 0.1) is 10.9 Å². The quantitative estimate of drug-likeness (QED) is 0.492. The number of fused-ring (bicyclic) bond motifs is 4. The highest BCUT2D eigenvalue weighted by atomic mass is 32.2. The highest BCUT2D eigenvalue weighted by Gasteiger charge is 2.14. The molecule has 0 saturated carbocycles. The normalized spacial score (nSPS) is 13.0. The van der Waals surface area contributed by atoms with Crippen molar-refractivity contribution in [1.82, 2.24) is 24.3 Å². The molecular formula is C19H16N6O4S. The number of rotatable bonds is 4. The maximum Gasteiger partial charge on any atom is 0.280 e. The third kappa shape index (κ3) is 3.32. The fraction of sp³-hybridized carbons (Fsp3) is 0.211. The van der Waals surface area contributed by atoms with Crippen LogP contribution < -0.4 is 20.5 Å². The number of aromatic nitrogens is 5. The lowest BCUT2D eigenvalue weighted by atomic mass is 10.2. The molecular weight excluding hydrogens is 408 g/mol. The number of hydrogen-bond donors (Lipinski definition) is 1. The van der Waals surface area contributed by atoms with Crippen molar-refractivity contribution >= 4 is 34.3 Å². The van der Waals surface area contributed by atoms with Gasteiger partial charge in [-0.3, -0.25) is 15.0 Å². The van der Waals surface area contributed by atoms with Crippen LogP contribution in [0.3, 0.4) is 0 Å². The van der Waals surface area contributed by atoms with E-state index in [9.17, 15) is 9.59 Å². The van der Waals surface area contributed by atoms with Crippen molar-refractivity contribution in [2.45, 2.75) is 17.8 Å². The summed E-state index contributed by atoms with van der Waals surface area (Å²) in [6, 6.07) is 7.52. The van der Waals surface area contributed by atoms with Gasteiger partial charge in [-0.1, -0.05) is 17.8 Å². The minimum Gasteiger partial charge on any atom is -0.486 e. The molecule has 1 N–H and O–H groups in total.